The van der Waals surface area contributed by atoms with Crippen molar-refractivity contribution in [1.29, 1.82) is 0 Å². The van der Waals surface area contributed by atoms with Crippen LogP contribution in [0.25, 0.3) is 17.0 Å². The molecule has 0 atom stereocenters. The molecular weight excluding hydrogens is 372 g/mol. The third kappa shape index (κ3) is 3.46. The van der Waals surface area contributed by atoms with Crippen LogP contribution in [0.2, 0.25) is 0 Å². The van der Waals surface area contributed by atoms with Gasteiger partial charge in [-0.25, -0.2) is 9.97 Å². The average Bonchev–Trinajstić information content (AvgIpc) is 3.16. The third-order valence-corrected chi connectivity index (χ3v) is 4.26. The van der Waals surface area contributed by atoms with Gasteiger partial charge in [-0.3, -0.25) is 14.0 Å². The van der Waals surface area contributed by atoms with Crippen molar-refractivity contribution >= 4 is 23.1 Å². The van der Waals surface area contributed by atoms with Crippen LogP contribution < -0.4 is 16.8 Å². The summed E-state index contributed by atoms with van der Waals surface area (Å²) in [7, 11) is 0. The van der Waals surface area contributed by atoms with Gasteiger partial charge in [-0.15, -0.1) is 10.2 Å². The molecule has 144 valence electrons. The standard InChI is InChI=1S/C19H16N8O2/c20-16(28)13-8-4-7-12-14(23-10-27(12)13)19-24-18(15(17(21)29)25-26-19)22-9-11-5-2-1-3-6-11/h1-8,10H,9H2,(H2,20,28)(H2,21,29)(H,22,24,26). The van der Waals surface area contributed by atoms with Gasteiger partial charge in [0.25, 0.3) is 11.8 Å². The zero-order valence-corrected chi connectivity index (χ0v) is 15.1. The number of carbonyl (C=O) groups is 2. The van der Waals surface area contributed by atoms with Crippen molar-refractivity contribution < 1.29 is 9.59 Å². The van der Waals surface area contributed by atoms with E-state index in [1.54, 1.807) is 22.6 Å². The normalized spacial score (nSPS) is 10.8. The Labute approximate surface area is 164 Å². The Morgan fingerprint density at radius 1 is 0.966 bits per heavy atom. The van der Waals surface area contributed by atoms with Gasteiger partial charge < -0.3 is 16.8 Å². The maximum Gasteiger partial charge on any atom is 0.273 e. The monoisotopic (exact) mass is 388 g/mol. The summed E-state index contributed by atoms with van der Waals surface area (Å²) in [6.45, 7) is 0.412. The molecule has 10 heteroatoms. The second-order valence-electron chi connectivity index (χ2n) is 6.16. The summed E-state index contributed by atoms with van der Waals surface area (Å²) in [6, 6.07) is 14.6. The molecule has 29 heavy (non-hydrogen) atoms. The molecule has 0 saturated heterocycles. The Balaban J connectivity index is 1.75. The molecule has 4 aromatic rings. The number of rotatable bonds is 6. The maximum atomic E-state index is 11.7. The number of primary amides is 2. The van der Waals surface area contributed by atoms with Gasteiger partial charge in [0.1, 0.15) is 17.7 Å². The third-order valence-electron chi connectivity index (χ3n) is 4.26. The van der Waals surface area contributed by atoms with Crippen LogP contribution in [-0.4, -0.2) is 36.4 Å². The molecule has 2 amide bonds. The molecule has 3 heterocycles. The van der Waals surface area contributed by atoms with E-state index in [0.29, 0.717) is 17.8 Å². The highest BCUT2D eigenvalue weighted by Crippen LogP contribution is 2.22. The molecule has 0 bridgehead atoms. The first-order valence-corrected chi connectivity index (χ1v) is 8.63. The molecule has 3 aromatic heterocycles. The molecule has 0 unspecified atom stereocenters. The van der Waals surface area contributed by atoms with Gasteiger partial charge in [0.15, 0.2) is 11.5 Å². The molecule has 0 radical (unpaired) electrons. The van der Waals surface area contributed by atoms with Gasteiger partial charge in [-0.05, 0) is 17.7 Å². The number of imidazole rings is 1. The quantitative estimate of drug-likeness (QED) is 0.445. The van der Waals surface area contributed by atoms with Crippen molar-refractivity contribution in [3.8, 4) is 11.5 Å². The number of anilines is 1. The summed E-state index contributed by atoms with van der Waals surface area (Å²) in [5, 5.41) is 11.0. The highest BCUT2D eigenvalue weighted by Gasteiger charge is 2.19. The molecule has 0 aliphatic carbocycles. The van der Waals surface area contributed by atoms with Gasteiger partial charge in [-0.1, -0.05) is 36.4 Å². The van der Waals surface area contributed by atoms with Crippen LogP contribution in [-0.2, 0) is 6.54 Å². The number of nitrogens with one attached hydrogen (secondary N) is 1. The predicted octanol–water partition coefficient (Wildman–Crippen LogP) is 0.996. The number of hydrogen-bond donors (Lipinski definition) is 3. The lowest BCUT2D eigenvalue weighted by atomic mass is 10.2. The summed E-state index contributed by atoms with van der Waals surface area (Å²) in [6.07, 6.45) is 1.45. The molecule has 0 aliphatic heterocycles. The van der Waals surface area contributed by atoms with Crippen LogP contribution in [0.15, 0.2) is 54.9 Å². The number of nitrogens with two attached hydrogens (primary N) is 2. The Hall–Kier alpha value is -4.34. The van der Waals surface area contributed by atoms with Gasteiger partial charge >= 0.3 is 0 Å². The van der Waals surface area contributed by atoms with Crippen LogP contribution >= 0.6 is 0 Å². The molecular formula is C19H16N8O2. The molecule has 5 N–H and O–H groups in total. The number of nitrogens with zero attached hydrogens (tertiary/aromatic N) is 5. The van der Waals surface area contributed by atoms with Crippen LogP contribution in [0.4, 0.5) is 5.82 Å². The van der Waals surface area contributed by atoms with Crippen molar-refractivity contribution in [1.82, 2.24) is 24.6 Å². The zero-order chi connectivity index (χ0) is 20.4. The number of aromatic nitrogens is 5. The van der Waals surface area contributed by atoms with E-state index >= 15 is 0 Å². The highest BCUT2D eigenvalue weighted by atomic mass is 16.1. The summed E-state index contributed by atoms with van der Waals surface area (Å²) in [5.41, 5.74) is 13.0. The Kier molecular flexibility index (Phi) is 4.57. The van der Waals surface area contributed by atoms with E-state index in [1.807, 2.05) is 30.3 Å². The fourth-order valence-corrected chi connectivity index (χ4v) is 2.89. The average molecular weight is 388 g/mol. The minimum absolute atomic E-state index is 0.0778. The largest absolute Gasteiger partial charge is 0.364 e. The summed E-state index contributed by atoms with van der Waals surface area (Å²) < 4.78 is 1.54. The molecule has 0 fully saturated rings. The van der Waals surface area contributed by atoms with E-state index < -0.39 is 11.8 Å². The van der Waals surface area contributed by atoms with E-state index in [0.717, 1.165) is 5.56 Å². The van der Waals surface area contributed by atoms with Crippen molar-refractivity contribution in [2.24, 2.45) is 11.5 Å². The maximum absolute atomic E-state index is 11.7. The number of fused-ring (bicyclic) bond motifs is 1. The van der Waals surface area contributed by atoms with Gasteiger partial charge in [0.05, 0.1) is 5.52 Å². The summed E-state index contributed by atoms with van der Waals surface area (Å²) in [4.78, 5) is 32.0. The number of amides is 2. The Morgan fingerprint density at radius 3 is 2.48 bits per heavy atom. The second kappa shape index (κ2) is 7.35. The first kappa shape index (κ1) is 18.0. The Morgan fingerprint density at radius 2 is 1.76 bits per heavy atom. The van der Waals surface area contributed by atoms with Crippen molar-refractivity contribution in [3.63, 3.8) is 0 Å². The second-order valence-corrected chi connectivity index (χ2v) is 6.16. The van der Waals surface area contributed by atoms with Gasteiger partial charge in [0.2, 0.25) is 5.82 Å². The number of benzene rings is 1. The van der Waals surface area contributed by atoms with Gasteiger partial charge in [-0.2, -0.15) is 0 Å². The van der Waals surface area contributed by atoms with Gasteiger partial charge in [0, 0.05) is 6.54 Å². The number of pyridine rings is 1. The van der Waals surface area contributed by atoms with E-state index in [-0.39, 0.29) is 23.0 Å². The smallest absolute Gasteiger partial charge is 0.273 e. The van der Waals surface area contributed by atoms with Crippen molar-refractivity contribution in [3.05, 3.63) is 71.8 Å². The molecule has 0 saturated carbocycles. The zero-order valence-electron chi connectivity index (χ0n) is 15.1. The first-order chi connectivity index (χ1) is 14.0. The lowest BCUT2D eigenvalue weighted by Gasteiger charge is -2.09. The lowest BCUT2D eigenvalue weighted by Crippen LogP contribution is -2.19. The highest BCUT2D eigenvalue weighted by molar-refractivity contribution is 5.96. The molecule has 0 aliphatic rings. The number of hydrogen-bond acceptors (Lipinski definition) is 7. The summed E-state index contributed by atoms with van der Waals surface area (Å²) in [5.74, 6) is -0.973. The van der Waals surface area contributed by atoms with E-state index in [4.69, 9.17) is 11.5 Å². The molecule has 1 aromatic carbocycles. The fourth-order valence-electron chi connectivity index (χ4n) is 2.89. The number of carbonyl (C=O) groups excluding carboxylic acids is 2. The van der Waals surface area contributed by atoms with Crippen LogP contribution in [0, 0.1) is 0 Å². The molecule has 4 rings (SSSR count). The first-order valence-electron chi connectivity index (χ1n) is 8.63. The van der Waals surface area contributed by atoms with Crippen molar-refractivity contribution in [2.45, 2.75) is 6.54 Å². The topological polar surface area (TPSA) is 154 Å². The van der Waals surface area contributed by atoms with E-state index in [2.05, 4.69) is 25.5 Å². The molecule has 0 spiro atoms. The fraction of sp³-hybridized carbons (Fsp3) is 0.0526. The van der Waals surface area contributed by atoms with Crippen LogP contribution in [0.5, 0.6) is 0 Å². The summed E-state index contributed by atoms with van der Waals surface area (Å²) >= 11 is 0. The SMILES string of the molecule is NC(=O)c1nnc(-c2ncn3c(C(N)=O)cccc23)nc1NCc1ccccc1. The van der Waals surface area contributed by atoms with E-state index in [1.165, 1.54) is 6.33 Å². The lowest BCUT2D eigenvalue weighted by molar-refractivity contribution is 0.0986. The minimum Gasteiger partial charge on any atom is -0.364 e. The van der Waals surface area contributed by atoms with E-state index in [9.17, 15) is 9.59 Å². The van der Waals surface area contributed by atoms with Crippen LogP contribution in [0.3, 0.4) is 0 Å². The van der Waals surface area contributed by atoms with Crippen LogP contribution in [0.1, 0.15) is 26.5 Å². The predicted molar refractivity (Wildman–Crippen MR) is 105 cm³/mol. The van der Waals surface area contributed by atoms with Crippen molar-refractivity contribution in [2.75, 3.05) is 5.32 Å². The molecule has 10 nitrogen and oxygen atoms in total. The Bertz CT molecular complexity index is 1220. The minimum atomic E-state index is -0.752.